The number of rotatable bonds is 9. The van der Waals surface area contributed by atoms with Crippen LogP contribution < -0.4 is 0 Å². The van der Waals surface area contributed by atoms with Crippen LogP contribution in [0.5, 0.6) is 0 Å². The Morgan fingerprint density at radius 1 is 1.21 bits per heavy atom. The first-order valence-electron chi connectivity index (χ1n) is 5.64. The summed E-state index contributed by atoms with van der Waals surface area (Å²) in [6, 6.07) is 0. The van der Waals surface area contributed by atoms with Crippen LogP contribution in [-0.2, 0) is 28.2 Å². The molecule has 112 valence electrons. The molecule has 0 aromatic heterocycles. The smallest absolute Gasteiger partial charge is 0.320 e. The molecular formula is C10H19O6PS2. The van der Waals surface area contributed by atoms with Gasteiger partial charge in [0.1, 0.15) is 5.25 Å². The Morgan fingerprint density at radius 3 is 2.21 bits per heavy atom. The second-order valence-corrected chi connectivity index (χ2v) is 10.9. The van der Waals surface area contributed by atoms with E-state index < -0.39 is 23.0 Å². The van der Waals surface area contributed by atoms with Crippen LogP contribution >= 0.6 is 28.5 Å². The van der Waals surface area contributed by atoms with Crippen LogP contribution in [0.1, 0.15) is 20.3 Å². The van der Waals surface area contributed by atoms with E-state index in [1.165, 1.54) is 7.11 Å². The quantitative estimate of drug-likeness (QED) is 0.472. The molecule has 0 aliphatic rings. The lowest BCUT2D eigenvalue weighted by Crippen LogP contribution is -2.24. The van der Waals surface area contributed by atoms with Gasteiger partial charge < -0.3 is 14.0 Å². The summed E-state index contributed by atoms with van der Waals surface area (Å²) in [6.45, 7) is 3.75. The zero-order valence-electron chi connectivity index (χ0n) is 11.4. The van der Waals surface area contributed by atoms with Crippen molar-refractivity contribution in [2.45, 2.75) is 25.5 Å². The molecule has 0 fully saturated rings. The minimum absolute atomic E-state index is 0.189. The van der Waals surface area contributed by atoms with E-state index in [-0.39, 0.29) is 19.6 Å². The lowest BCUT2D eigenvalue weighted by atomic mass is 10.3. The number of carbonyl (C=O) groups excluding carboxylic acids is 2. The van der Waals surface area contributed by atoms with Gasteiger partial charge in [0.15, 0.2) is 0 Å². The molecule has 0 saturated heterocycles. The van der Waals surface area contributed by atoms with E-state index in [9.17, 15) is 14.2 Å². The van der Waals surface area contributed by atoms with E-state index in [1.807, 2.05) is 0 Å². The normalized spacial score (nSPS) is 15.4. The van der Waals surface area contributed by atoms with Crippen molar-refractivity contribution in [3.63, 3.8) is 0 Å². The van der Waals surface area contributed by atoms with Crippen molar-refractivity contribution >= 4 is 40.5 Å². The summed E-state index contributed by atoms with van der Waals surface area (Å²) >= 11 is 1.83. The topological polar surface area (TPSA) is 78.9 Å². The summed E-state index contributed by atoms with van der Waals surface area (Å²) in [5, 5.41) is -0.891. The molecule has 0 heterocycles. The van der Waals surface area contributed by atoms with Gasteiger partial charge in [0, 0.05) is 7.11 Å². The lowest BCUT2D eigenvalue weighted by molar-refractivity contribution is -0.149. The van der Waals surface area contributed by atoms with Gasteiger partial charge in [-0.25, -0.2) is 0 Å². The van der Waals surface area contributed by atoms with E-state index in [4.69, 9.17) is 14.0 Å². The molecule has 2 atom stereocenters. The van der Waals surface area contributed by atoms with Gasteiger partial charge in [-0.05, 0) is 31.5 Å². The molecule has 0 saturated carbocycles. The van der Waals surface area contributed by atoms with Crippen LogP contribution in [0.3, 0.4) is 0 Å². The van der Waals surface area contributed by atoms with Crippen molar-refractivity contribution in [3.8, 4) is 0 Å². The average molecular weight is 330 g/mol. The molecule has 6 nitrogen and oxygen atoms in total. The van der Waals surface area contributed by atoms with Gasteiger partial charge in [-0.1, -0.05) is 11.4 Å². The monoisotopic (exact) mass is 330 g/mol. The minimum atomic E-state index is -3.07. The predicted molar refractivity (Wildman–Crippen MR) is 77.4 cm³/mol. The molecule has 0 aromatic carbocycles. The SMILES string of the molecule is CCOC(=O)C[C@@H](SP(=O)(OC)SC)C(=O)OCC. The second kappa shape index (κ2) is 9.69. The molecular weight excluding hydrogens is 311 g/mol. The third-order valence-corrected chi connectivity index (χ3v) is 9.57. The van der Waals surface area contributed by atoms with Crippen molar-refractivity contribution < 1.29 is 28.2 Å². The third-order valence-electron chi connectivity index (χ3n) is 1.91. The first-order chi connectivity index (χ1) is 8.92. The fourth-order valence-corrected chi connectivity index (χ4v) is 6.17. The molecule has 9 heteroatoms. The number of ether oxygens (including phenoxy) is 2. The maximum Gasteiger partial charge on any atom is 0.320 e. The molecule has 0 rings (SSSR count). The highest BCUT2D eigenvalue weighted by Gasteiger charge is 2.34. The summed E-state index contributed by atoms with van der Waals surface area (Å²) in [5.74, 6) is -4.19. The van der Waals surface area contributed by atoms with E-state index in [1.54, 1.807) is 20.1 Å². The first kappa shape index (κ1) is 18.8. The Bertz CT molecular complexity index is 341. The predicted octanol–water partition coefficient (Wildman–Crippen LogP) is 2.72. The van der Waals surface area contributed by atoms with Crippen LogP contribution in [0.15, 0.2) is 0 Å². The van der Waals surface area contributed by atoms with Crippen molar-refractivity contribution in [2.24, 2.45) is 0 Å². The highest BCUT2D eigenvalue weighted by Crippen LogP contribution is 2.70. The molecule has 0 amide bonds. The Labute approximate surface area is 121 Å². The highest BCUT2D eigenvalue weighted by molar-refractivity contribution is 8.89. The maximum absolute atomic E-state index is 12.2. The first-order valence-corrected chi connectivity index (χ1v) is 10.6. The summed E-state index contributed by atoms with van der Waals surface area (Å²) in [7, 11) is 1.30. The van der Waals surface area contributed by atoms with Crippen LogP contribution in [0.2, 0.25) is 0 Å². The van der Waals surface area contributed by atoms with Crippen LogP contribution in [0.25, 0.3) is 0 Å². The van der Waals surface area contributed by atoms with Crippen molar-refractivity contribution in [2.75, 3.05) is 26.6 Å². The van der Waals surface area contributed by atoms with E-state index in [2.05, 4.69) is 0 Å². The van der Waals surface area contributed by atoms with Gasteiger partial charge in [0.05, 0.1) is 19.6 Å². The van der Waals surface area contributed by atoms with Crippen molar-refractivity contribution in [3.05, 3.63) is 0 Å². The molecule has 0 radical (unpaired) electrons. The Hall–Kier alpha value is -0.170. The largest absolute Gasteiger partial charge is 0.466 e. The Kier molecular flexibility index (Phi) is 9.60. The average Bonchev–Trinajstić information content (AvgIpc) is 2.38. The number of esters is 2. The zero-order valence-corrected chi connectivity index (χ0v) is 13.9. The fourth-order valence-electron chi connectivity index (χ4n) is 1.09. The van der Waals surface area contributed by atoms with Gasteiger partial charge in [-0.3, -0.25) is 14.2 Å². The Balaban J connectivity index is 4.81. The van der Waals surface area contributed by atoms with Crippen LogP contribution in [-0.4, -0.2) is 43.8 Å². The summed E-state index contributed by atoms with van der Waals surface area (Å²) in [5.41, 5.74) is 0. The third kappa shape index (κ3) is 7.25. The van der Waals surface area contributed by atoms with Crippen LogP contribution in [0.4, 0.5) is 0 Å². The second-order valence-electron chi connectivity index (χ2n) is 3.17. The van der Waals surface area contributed by atoms with Crippen molar-refractivity contribution in [1.29, 1.82) is 0 Å². The van der Waals surface area contributed by atoms with Gasteiger partial charge in [-0.2, -0.15) is 0 Å². The van der Waals surface area contributed by atoms with Crippen molar-refractivity contribution in [1.82, 2.24) is 0 Å². The molecule has 19 heavy (non-hydrogen) atoms. The lowest BCUT2D eigenvalue weighted by Gasteiger charge is -2.18. The summed E-state index contributed by atoms with van der Waals surface area (Å²) < 4.78 is 26.7. The van der Waals surface area contributed by atoms with Gasteiger partial charge in [-0.15, -0.1) is 0 Å². The molecule has 0 aromatic rings. The maximum atomic E-state index is 12.2. The standard InChI is InChI=1S/C10H19O6PS2/c1-5-15-9(11)7-8(10(12)16-6-2)19-17(13,14-3)18-4/h8H,5-7H2,1-4H3/t8-,17?/m1/s1. The van der Waals surface area contributed by atoms with E-state index >= 15 is 0 Å². The number of hydrogen-bond acceptors (Lipinski definition) is 8. The Morgan fingerprint density at radius 2 is 1.79 bits per heavy atom. The minimum Gasteiger partial charge on any atom is -0.466 e. The summed E-state index contributed by atoms with van der Waals surface area (Å²) in [4.78, 5) is 23.2. The van der Waals surface area contributed by atoms with Gasteiger partial charge in [0.25, 0.3) is 0 Å². The molecule has 0 bridgehead atoms. The fraction of sp³-hybridized carbons (Fsp3) is 0.800. The molecule has 1 unspecified atom stereocenters. The number of carbonyl (C=O) groups is 2. The molecule has 0 N–H and O–H groups in total. The van der Waals surface area contributed by atoms with Gasteiger partial charge >= 0.3 is 17.7 Å². The highest BCUT2D eigenvalue weighted by atomic mass is 33.1. The van der Waals surface area contributed by atoms with E-state index in [0.717, 1.165) is 22.8 Å². The summed E-state index contributed by atoms with van der Waals surface area (Å²) in [6.07, 6.45) is 1.43. The molecule has 0 aliphatic carbocycles. The van der Waals surface area contributed by atoms with Gasteiger partial charge in [0.2, 0.25) is 0 Å². The molecule has 0 aliphatic heterocycles. The molecule has 0 spiro atoms. The number of hydrogen-bond donors (Lipinski definition) is 0. The zero-order chi connectivity index (χ0) is 14.9. The van der Waals surface area contributed by atoms with E-state index in [0.29, 0.717) is 0 Å². The van der Waals surface area contributed by atoms with Crippen LogP contribution in [0, 0.1) is 0 Å².